The Hall–Kier alpha value is -3.07. The van der Waals surface area contributed by atoms with Crippen molar-refractivity contribution in [3.63, 3.8) is 0 Å². The van der Waals surface area contributed by atoms with Crippen molar-refractivity contribution in [2.75, 3.05) is 18.4 Å². The first-order chi connectivity index (χ1) is 16.8. The van der Waals surface area contributed by atoms with Crippen LogP contribution in [0.5, 0.6) is 0 Å². The smallest absolute Gasteiger partial charge is 0.255 e. The minimum atomic E-state index is -3.59. The van der Waals surface area contributed by atoms with Crippen molar-refractivity contribution in [2.24, 2.45) is 11.8 Å². The maximum Gasteiger partial charge on any atom is 0.255 e. The number of aromatic nitrogens is 1. The van der Waals surface area contributed by atoms with E-state index in [1.807, 2.05) is 48.5 Å². The zero-order chi connectivity index (χ0) is 24.6. The third kappa shape index (κ3) is 4.87. The molecule has 2 heterocycles. The fourth-order valence-electron chi connectivity index (χ4n) is 4.69. The molecule has 1 fully saturated rings. The fraction of sp³-hybridized carbons (Fsp3) is 0.259. The Labute approximate surface area is 209 Å². The molecule has 0 radical (unpaired) electrons. The third-order valence-corrected chi connectivity index (χ3v) is 9.20. The van der Waals surface area contributed by atoms with Crippen molar-refractivity contribution in [2.45, 2.75) is 25.2 Å². The van der Waals surface area contributed by atoms with E-state index in [4.69, 9.17) is 4.98 Å². The third-order valence-electron chi connectivity index (χ3n) is 6.29. The number of thiazole rings is 1. The van der Waals surface area contributed by atoms with Crippen LogP contribution in [0.25, 0.3) is 20.8 Å². The lowest BCUT2D eigenvalue weighted by Crippen LogP contribution is -2.42. The maximum absolute atomic E-state index is 13.1. The van der Waals surface area contributed by atoms with Crippen LogP contribution in [-0.2, 0) is 10.0 Å². The highest BCUT2D eigenvalue weighted by Crippen LogP contribution is 2.34. The number of benzene rings is 3. The molecular formula is C27H27N3O3S2. The molecule has 1 aliphatic rings. The Morgan fingerprint density at radius 1 is 0.943 bits per heavy atom. The summed E-state index contributed by atoms with van der Waals surface area (Å²) in [5, 5.41) is 3.80. The monoisotopic (exact) mass is 505 g/mol. The largest absolute Gasteiger partial charge is 0.321 e. The summed E-state index contributed by atoms with van der Waals surface area (Å²) in [5.74, 6) is 0.353. The Morgan fingerprint density at radius 2 is 1.60 bits per heavy atom. The number of piperidine rings is 1. The SMILES string of the molecule is C[C@@H]1C[C@H](C)CN(S(=O)(=O)c2ccc(C(=O)Nc3ccccc3-c3nc4ccccc4s3)cc2)C1. The van der Waals surface area contributed by atoms with Gasteiger partial charge < -0.3 is 5.32 Å². The van der Waals surface area contributed by atoms with E-state index >= 15 is 0 Å². The lowest BCUT2D eigenvalue weighted by atomic mass is 9.94. The predicted octanol–water partition coefficient (Wildman–Crippen LogP) is 5.88. The van der Waals surface area contributed by atoms with Gasteiger partial charge in [0.1, 0.15) is 5.01 Å². The minimum Gasteiger partial charge on any atom is -0.321 e. The van der Waals surface area contributed by atoms with Gasteiger partial charge in [0.2, 0.25) is 10.0 Å². The van der Waals surface area contributed by atoms with E-state index in [1.165, 1.54) is 12.1 Å². The average molecular weight is 506 g/mol. The molecule has 1 aromatic heterocycles. The van der Waals surface area contributed by atoms with Crippen LogP contribution >= 0.6 is 11.3 Å². The quantitative estimate of drug-likeness (QED) is 0.367. The standard InChI is InChI=1S/C27H27N3O3S2/c1-18-15-19(2)17-30(16-18)35(32,33)21-13-11-20(12-14-21)26(31)28-23-8-4-3-7-22(23)27-29-24-9-5-6-10-25(24)34-27/h3-14,18-19H,15-17H2,1-2H3,(H,28,31)/t18-,19+. The molecule has 6 nitrogen and oxygen atoms in total. The number of rotatable bonds is 5. The molecule has 0 aliphatic carbocycles. The van der Waals surface area contributed by atoms with E-state index < -0.39 is 10.0 Å². The van der Waals surface area contributed by atoms with Gasteiger partial charge in [0.15, 0.2) is 0 Å². The van der Waals surface area contributed by atoms with Gasteiger partial charge in [0, 0.05) is 24.2 Å². The number of anilines is 1. The summed E-state index contributed by atoms with van der Waals surface area (Å²) in [6.45, 7) is 5.21. The van der Waals surface area contributed by atoms with E-state index in [0.29, 0.717) is 36.2 Å². The number of hydrogen-bond acceptors (Lipinski definition) is 5. The van der Waals surface area contributed by atoms with Gasteiger partial charge in [-0.15, -0.1) is 11.3 Å². The number of nitrogens with one attached hydrogen (secondary N) is 1. The Bertz CT molecular complexity index is 1440. The van der Waals surface area contributed by atoms with Gasteiger partial charge in [-0.1, -0.05) is 38.1 Å². The van der Waals surface area contributed by atoms with Crippen LogP contribution in [-0.4, -0.2) is 36.7 Å². The first-order valence-corrected chi connectivity index (χ1v) is 13.9. The zero-order valence-electron chi connectivity index (χ0n) is 19.6. The molecular weight excluding hydrogens is 478 g/mol. The molecule has 1 saturated heterocycles. The summed E-state index contributed by atoms with van der Waals surface area (Å²) in [6, 6.07) is 21.7. The summed E-state index contributed by atoms with van der Waals surface area (Å²) in [7, 11) is -3.59. The number of carbonyl (C=O) groups is 1. The lowest BCUT2D eigenvalue weighted by Gasteiger charge is -2.34. The van der Waals surface area contributed by atoms with Crippen molar-refractivity contribution in [1.82, 2.24) is 9.29 Å². The minimum absolute atomic E-state index is 0.213. The molecule has 0 spiro atoms. The highest BCUT2D eigenvalue weighted by atomic mass is 32.2. The van der Waals surface area contributed by atoms with E-state index in [-0.39, 0.29) is 10.8 Å². The van der Waals surface area contributed by atoms with Crippen molar-refractivity contribution >= 4 is 43.2 Å². The molecule has 5 rings (SSSR count). The topological polar surface area (TPSA) is 79.4 Å². The Morgan fingerprint density at radius 3 is 2.31 bits per heavy atom. The van der Waals surface area contributed by atoms with Crippen LogP contribution in [0, 0.1) is 11.8 Å². The van der Waals surface area contributed by atoms with Crippen LogP contribution in [0.4, 0.5) is 5.69 Å². The van der Waals surface area contributed by atoms with Crippen LogP contribution in [0.3, 0.4) is 0 Å². The molecule has 35 heavy (non-hydrogen) atoms. The van der Waals surface area contributed by atoms with Crippen LogP contribution in [0.2, 0.25) is 0 Å². The predicted molar refractivity (Wildman–Crippen MR) is 141 cm³/mol. The normalized spacial score (nSPS) is 19.0. The maximum atomic E-state index is 13.1. The van der Waals surface area contributed by atoms with Crippen LogP contribution < -0.4 is 5.32 Å². The van der Waals surface area contributed by atoms with Gasteiger partial charge in [-0.3, -0.25) is 4.79 Å². The number of amides is 1. The Balaban J connectivity index is 1.36. The van der Waals surface area contributed by atoms with Gasteiger partial charge >= 0.3 is 0 Å². The van der Waals surface area contributed by atoms with E-state index in [0.717, 1.165) is 27.2 Å². The molecule has 3 aromatic carbocycles. The van der Waals surface area contributed by atoms with E-state index in [2.05, 4.69) is 19.2 Å². The summed E-state index contributed by atoms with van der Waals surface area (Å²) in [4.78, 5) is 18.0. The summed E-state index contributed by atoms with van der Waals surface area (Å²) in [6.07, 6.45) is 1.03. The number of sulfonamides is 1. The number of hydrogen-bond donors (Lipinski definition) is 1. The van der Waals surface area contributed by atoms with Gasteiger partial charge in [-0.05, 0) is 66.8 Å². The highest BCUT2D eigenvalue weighted by molar-refractivity contribution is 7.89. The van der Waals surface area contributed by atoms with E-state index in [9.17, 15) is 13.2 Å². The number of fused-ring (bicyclic) bond motifs is 1. The van der Waals surface area contributed by atoms with Crippen LogP contribution in [0.15, 0.2) is 77.7 Å². The first kappa shape index (κ1) is 23.7. The number of carbonyl (C=O) groups excluding carboxylic acids is 1. The van der Waals surface area contributed by atoms with Crippen molar-refractivity contribution in [1.29, 1.82) is 0 Å². The van der Waals surface area contributed by atoms with E-state index in [1.54, 1.807) is 27.8 Å². The summed E-state index contributed by atoms with van der Waals surface area (Å²) >= 11 is 1.57. The molecule has 180 valence electrons. The van der Waals surface area contributed by atoms with Gasteiger partial charge in [-0.25, -0.2) is 13.4 Å². The van der Waals surface area contributed by atoms with Gasteiger partial charge in [-0.2, -0.15) is 4.31 Å². The molecule has 1 aliphatic heterocycles. The van der Waals surface area contributed by atoms with Crippen molar-refractivity contribution in [3.8, 4) is 10.6 Å². The molecule has 8 heteroatoms. The molecule has 1 N–H and O–H groups in total. The molecule has 0 bridgehead atoms. The molecule has 0 unspecified atom stereocenters. The number of para-hydroxylation sites is 2. The second-order valence-electron chi connectivity index (χ2n) is 9.28. The van der Waals surface area contributed by atoms with Crippen molar-refractivity contribution < 1.29 is 13.2 Å². The summed E-state index contributed by atoms with van der Waals surface area (Å²) in [5.41, 5.74) is 2.81. The molecule has 4 aromatic rings. The van der Waals surface area contributed by atoms with Crippen LogP contribution in [0.1, 0.15) is 30.6 Å². The number of nitrogens with zero attached hydrogens (tertiary/aromatic N) is 2. The molecule has 2 atom stereocenters. The molecule has 0 saturated carbocycles. The second-order valence-corrected chi connectivity index (χ2v) is 12.2. The van der Waals surface area contributed by atoms with Gasteiger partial charge in [0.25, 0.3) is 5.91 Å². The van der Waals surface area contributed by atoms with Gasteiger partial charge in [0.05, 0.1) is 20.8 Å². The lowest BCUT2D eigenvalue weighted by molar-refractivity contribution is 0.102. The second kappa shape index (κ2) is 9.53. The average Bonchev–Trinajstić information content (AvgIpc) is 3.28. The zero-order valence-corrected chi connectivity index (χ0v) is 21.3. The first-order valence-electron chi connectivity index (χ1n) is 11.7. The Kier molecular flexibility index (Phi) is 6.44. The highest BCUT2D eigenvalue weighted by Gasteiger charge is 2.31. The molecule has 1 amide bonds. The van der Waals surface area contributed by atoms with Crippen molar-refractivity contribution in [3.05, 3.63) is 78.4 Å². The summed E-state index contributed by atoms with van der Waals surface area (Å²) < 4.78 is 28.9. The fourth-order valence-corrected chi connectivity index (χ4v) is 7.37.